The third kappa shape index (κ3) is 1.43. The summed E-state index contributed by atoms with van der Waals surface area (Å²) in [5, 5.41) is 13.2. The predicted octanol–water partition coefficient (Wildman–Crippen LogP) is 1.25. The Balaban J connectivity index is 2.46. The van der Waals surface area contributed by atoms with Crippen molar-refractivity contribution in [3.8, 4) is 5.75 Å². The fourth-order valence-corrected chi connectivity index (χ4v) is 2.16. The van der Waals surface area contributed by atoms with Crippen LogP contribution in [0.1, 0.15) is 5.56 Å². The molecule has 0 amide bonds. The summed E-state index contributed by atoms with van der Waals surface area (Å²) in [5.41, 5.74) is 0.0721. The molecule has 0 atom stereocenters. The number of halogens is 1. The molecule has 1 heterocycles. The second-order valence-electron chi connectivity index (χ2n) is 3.46. The Hall–Kier alpha value is -0.580. The highest BCUT2D eigenvalue weighted by Gasteiger charge is 2.38. The maximum Gasteiger partial charge on any atom is 0.139 e. The monoisotopic (exact) mass is 257 g/mol. The number of methoxy groups -OCH3 is 1. The number of hydrogen-bond donors (Lipinski definition) is 2. The molecule has 1 aliphatic heterocycles. The van der Waals surface area contributed by atoms with E-state index in [9.17, 15) is 5.11 Å². The van der Waals surface area contributed by atoms with Crippen LogP contribution in [0, 0.1) is 0 Å². The van der Waals surface area contributed by atoms with Crippen molar-refractivity contribution in [1.29, 1.82) is 0 Å². The van der Waals surface area contributed by atoms with Gasteiger partial charge in [0.2, 0.25) is 0 Å². The third-order valence-corrected chi connectivity index (χ3v) is 3.13. The van der Waals surface area contributed by atoms with E-state index in [2.05, 4.69) is 21.2 Å². The Kier molecular flexibility index (Phi) is 2.51. The molecule has 1 aromatic rings. The zero-order valence-electron chi connectivity index (χ0n) is 7.88. The van der Waals surface area contributed by atoms with Gasteiger partial charge in [0.15, 0.2) is 0 Å². The van der Waals surface area contributed by atoms with Gasteiger partial charge >= 0.3 is 0 Å². The maximum atomic E-state index is 10.2. The van der Waals surface area contributed by atoms with Crippen molar-refractivity contribution < 1.29 is 9.84 Å². The fraction of sp³-hybridized carbons (Fsp3) is 0.400. The summed E-state index contributed by atoms with van der Waals surface area (Å²) in [6.45, 7) is 1.17. The molecular weight excluding hydrogens is 246 g/mol. The van der Waals surface area contributed by atoms with Crippen molar-refractivity contribution in [3.63, 3.8) is 0 Å². The van der Waals surface area contributed by atoms with Gasteiger partial charge in [-0.2, -0.15) is 0 Å². The molecule has 0 aliphatic carbocycles. The SMILES string of the molecule is COc1c(Br)cccc1C1(O)CNC1. The van der Waals surface area contributed by atoms with Gasteiger partial charge in [0.25, 0.3) is 0 Å². The minimum atomic E-state index is -0.769. The van der Waals surface area contributed by atoms with Gasteiger partial charge in [-0.15, -0.1) is 0 Å². The molecular formula is C10H12BrNO2. The molecule has 0 unspecified atom stereocenters. The van der Waals surface area contributed by atoms with Gasteiger partial charge in [0, 0.05) is 18.7 Å². The first-order valence-corrected chi connectivity index (χ1v) is 5.23. The van der Waals surface area contributed by atoms with E-state index < -0.39 is 5.60 Å². The summed E-state index contributed by atoms with van der Waals surface area (Å²) in [5.74, 6) is 0.719. The van der Waals surface area contributed by atoms with Gasteiger partial charge in [-0.1, -0.05) is 12.1 Å². The van der Waals surface area contributed by atoms with E-state index in [-0.39, 0.29) is 0 Å². The van der Waals surface area contributed by atoms with E-state index in [0.717, 1.165) is 15.8 Å². The van der Waals surface area contributed by atoms with Crippen LogP contribution in [0.3, 0.4) is 0 Å². The molecule has 0 bridgehead atoms. The quantitative estimate of drug-likeness (QED) is 0.838. The van der Waals surface area contributed by atoms with Crippen LogP contribution in [0.15, 0.2) is 22.7 Å². The largest absolute Gasteiger partial charge is 0.495 e. The maximum absolute atomic E-state index is 10.2. The lowest BCUT2D eigenvalue weighted by atomic mass is 9.87. The molecule has 3 nitrogen and oxygen atoms in total. The first-order valence-electron chi connectivity index (χ1n) is 4.43. The molecule has 0 aromatic heterocycles. The highest BCUT2D eigenvalue weighted by molar-refractivity contribution is 9.10. The molecule has 4 heteroatoms. The smallest absolute Gasteiger partial charge is 0.139 e. The zero-order valence-corrected chi connectivity index (χ0v) is 9.47. The summed E-state index contributed by atoms with van der Waals surface area (Å²) in [6.07, 6.45) is 0. The standard InChI is InChI=1S/C10H12BrNO2/c1-14-9-7(3-2-4-8(9)11)10(13)5-12-6-10/h2-4,12-13H,5-6H2,1H3. The molecule has 0 spiro atoms. The van der Waals surface area contributed by atoms with Gasteiger partial charge in [-0.25, -0.2) is 0 Å². The molecule has 76 valence electrons. The average molecular weight is 258 g/mol. The van der Waals surface area contributed by atoms with Crippen LogP contribution in [0.2, 0.25) is 0 Å². The number of aliphatic hydroxyl groups is 1. The fourth-order valence-electron chi connectivity index (χ4n) is 1.64. The lowest BCUT2D eigenvalue weighted by Crippen LogP contribution is -2.56. The Labute approximate surface area is 91.2 Å². The summed E-state index contributed by atoms with van der Waals surface area (Å²) in [7, 11) is 1.61. The minimum absolute atomic E-state index is 0.583. The Morgan fingerprint density at radius 1 is 1.50 bits per heavy atom. The van der Waals surface area contributed by atoms with Gasteiger partial charge in [0.1, 0.15) is 11.4 Å². The second kappa shape index (κ2) is 3.53. The normalized spacial score (nSPS) is 18.8. The van der Waals surface area contributed by atoms with Gasteiger partial charge in [-0.3, -0.25) is 0 Å². The predicted molar refractivity (Wildman–Crippen MR) is 57.5 cm³/mol. The average Bonchev–Trinajstić information content (AvgIpc) is 2.14. The van der Waals surface area contributed by atoms with E-state index in [1.807, 2.05) is 18.2 Å². The summed E-state index contributed by atoms with van der Waals surface area (Å²) >= 11 is 3.40. The Morgan fingerprint density at radius 2 is 2.21 bits per heavy atom. The van der Waals surface area contributed by atoms with Crippen molar-refractivity contribution in [1.82, 2.24) is 5.32 Å². The van der Waals surface area contributed by atoms with Gasteiger partial charge < -0.3 is 15.2 Å². The lowest BCUT2D eigenvalue weighted by molar-refractivity contribution is -0.0165. The van der Waals surface area contributed by atoms with E-state index in [0.29, 0.717) is 13.1 Å². The summed E-state index contributed by atoms with van der Waals surface area (Å²) in [4.78, 5) is 0. The van der Waals surface area contributed by atoms with Crippen LogP contribution in [0.5, 0.6) is 5.75 Å². The van der Waals surface area contributed by atoms with Crippen molar-refractivity contribution in [2.24, 2.45) is 0 Å². The number of β-amino-alcohol motifs (C(OH)–C–C–N with tert-alkyl or cyclic N) is 1. The Morgan fingerprint density at radius 3 is 2.71 bits per heavy atom. The van der Waals surface area contributed by atoms with Crippen molar-refractivity contribution in [2.45, 2.75) is 5.60 Å². The van der Waals surface area contributed by atoms with E-state index in [1.54, 1.807) is 7.11 Å². The van der Waals surface area contributed by atoms with Crippen LogP contribution in [0.25, 0.3) is 0 Å². The van der Waals surface area contributed by atoms with Gasteiger partial charge in [0.05, 0.1) is 11.6 Å². The van der Waals surface area contributed by atoms with Crippen molar-refractivity contribution in [3.05, 3.63) is 28.2 Å². The summed E-state index contributed by atoms with van der Waals surface area (Å²) in [6, 6.07) is 5.69. The highest BCUT2D eigenvalue weighted by Crippen LogP contribution is 2.37. The van der Waals surface area contributed by atoms with Crippen molar-refractivity contribution >= 4 is 15.9 Å². The highest BCUT2D eigenvalue weighted by atomic mass is 79.9. The van der Waals surface area contributed by atoms with Crippen molar-refractivity contribution in [2.75, 3.05) is 20.2 Å². The molecule has 1 saturated heterocycles. The number of para-hydroxylation sites is 1. The van der Waals surface area contributed by atoms with Crippen LogP contribution in [0.4, 0.5) is 0 Å². The first kappa shape index (κ1) is 9.96. The number of rotatable bonds is 2. The topological polar surface area (TPSA) is 41.5 Å². The number of nitrogens with one attached hydrogen (secondary N) is 1. The third-order valence-electron chi connectivity index (χ3n) is 2.51. The van der Waals surface area contributed by atoms with Crippen LogP contribution < -0.4 is 10.1 Å². The molecule has 1 aromatic carbocycles. The number of hydrogen-bond acceptors (Lipinski definition) is 3. The molecule has 2 N–H and O–H groups in total. The van der Waals surface area contributed by atoms with E-state index in [1.165, 1.54) is 0 Å². The van der Waals surface area contributed by atoms with Crippen LogP contribution in [-0.2, 0) is 5.60 Å². The van der Waals surface area contributed by atoms with E-state index in [4.69, 9.17) is 4.74 Å². The molecule has 0 radical (unpaired) electrons. The molecule has 2 rings (SSSR count). The number of ether oxygens (including phenoxy) is 1. The van der Waals surface area contributed by atoms with E-state index >= 15 is 0 Å². The Bertz CT molecular complexity index is 350. The van der Waals surface area contributed by atoms with Gasteiger partial charge in [-0.05, 0) is 22.0 Å². The second-order valence-corrected chi connectivity index (χ2v) is 4.31. The minimum Gasteiger partial charge on any atom is -0.495 e. The number of benzene rings is 1. The molecule has 0 saturated carbocycles. The van der Waals surface area contributed by atoms with Crippen LogP contribution >= 0.6 is 15.9 Å². The zero-order chi connectivity index (χ0) is 10.2. The molecule has 14 heavy (non-hydrogen) atoms. The lowest BCUT2D eigenvalue weighted by Gasteiger charge is -2.38. The van der Waals surface area contributed by atoms with Crippen LogP contribution in [-0.4, -0.2) is 25.3 Å². The summed E-state index contributed by atoms with van der Waals surface area (Å²) < 4.78 is 6.14. The molecule has 1 fully saturated rings. The first-order chi connectivity index (χ1) is 6.67. The molecule has 1 aliphatic rings.